The largest absolute Gasteiger partial charge is 0.493 e. The van der Waals surface area contributed by atoms with Gasteiger partial charge in [-0.15, -0.1) is 0 Å². The van der Waals surface area contributed by atoms with Crippen LogP contribution < -0.4 is 20.1 Å². The van der Waals surface area contributed by atoms with Crippen LogP contribution >= 0.6 is 0 Å². The highest BCUT2D eigenvalue weighted by atomic mass is 19.3. The molecule has 168 valence electrons. The number of carbonyl (C=O) groups is 1. The van der Waals surface area contributed by atoms with E-state index in [1.54, 1.807) is 12.1 Å². The third-order valence-corrected chi connectivity index (χ3v) is 5.39. The number of carbonyl (C=O) groups excluding carboxylic acids is 1. The van der Waals surface area contributed by atoms with Crippen molar-refractivity contribution in [3.05, 3.63) is 23.8 Å². The number of nitrogens with zero attached hydrogens (tertiary/aromatic N) is 1. The molecule has 30 heavy (non-hydrogen) atoms. The van der Waals surface area contributed by atoms with Gasteiger partial charge in [0.1, 0.15) is 0 Å². The van der Waals surface area contributed by atoms with E-state index in [2.05, 4.69) is 20.3 Å². The van der Waals surface area contributed by atoms with Gasteiger partial charge in [0.15, 0.2) is 11.5 Å². The number of benzene rings is 1. The first-order chi connectivity index (χ1) is 14.6. The summed E-state index contributed by atoms with van der Waals surface area (Å²) in [5, 5.41) is 5.74. The molecule has 2 N–H and O–H groups in total. The predicted octanol–water partition coefficient (Wildman–Crippen LogP) is 1.83. The Kier molecular flexibility index (Phi) is 8.47. The molecule has 2 saturated heterocycles. The second kappa shape index (κ2) is 11.3. The lowest BCUT2D eigenvalue weighted by Gasteiger charge is -2.37. The fourth-order valence-electron chi connectivity index (χ4n) is 3.82. The molecule has 0 aliphatic carbocycles. The molecule has 0 radical (unpaired) electrons. The van der Waals surface area contributed by atoms with Crippen molar-refractivity contribution in [2.75, 3.05) is 53.2 Å². The summed E-state index contributed by atoms with van der Waals surface area (Å²) in [4.78, 5) is 14.7. The second-order valence-electron chi connectivity index (χ2n) is 7.27. The highest BCUT2D eigenvalue weighted by Gasteiger charge is 2.31. The number of hydrogen-bond acceptors (Lipinski definition) is 6. The van der Waals surface area contributed by atoms with Crippen molar-refractivity contribution in [3.8, 4) is 11.5 Å². The number of rotatable bonds is 9. The lowest BCUT2D eigenvalue weighted by atomic mass is 9.97. The summed E-state index contributed by atoms with van der Waals surface area (Å²) in [6, 6.07) is 4.47. The van der Waals surface area contributed by atoms with Gasteiger partial charge in [0.05, 0.1) is 26.9 Å². The van der Waals surface area contributed by atoms with E-state index in [9.17, 15) is 13.6 Å². The highest BCUT2D eigenvalue weighted by molar-refractivity contribution is 5.73. The van der Waals surface area contributed by atoms with Crippen molar-refractivity contribution in [2.45, 2.75) is 25.6 Å². The molecule has 2 heterocycles. The topological polar surface area (TPSA) is 81.3 Å². The summed E-state index contributed by atoms with van der Waals surface area (Å²) in [5.74, 6) is 0.520. The standard InChI is InChI=1S/C20H29F2N3O5/c1-27-18-10-14(2-3-17(18)30-19(21)22)11-23-20(26)24-12-16(15-4-7-29-13-15)25-5-8-28-9-6-25/h2-3,10,15-16,19H,4-9,11-13H2,1H3,(H2,23,24,26). The van der Waals surface area contributed by atoms with E-state index in [4.69, 9.17) is 14.2 Å². The first kappa shape index (κ1) is 22.5. The number of morpholine rings is 1. The first-order valence-corrected chi connectivity index (χ1v) is 10.1. The van der Waals surface area contributed by atoms with E-state index < -0.39 is 6.61 Å². The summed E-state index contributed by atoms with van der Waals surface area (Å²) >= 11 is 0. The molecule has 2 aliphatic rings. The number of nitrogens with one attached hydrogen (secondary N) is 2. The van der Waals surface area contributed by atoms with Gasteiger partial charge in [0.25, 0.3) is 0 Å². The number of halogens is 2. The van der Waals surface area contributed by atoms with Crippen molar-refractivity contribution in [1.29, 1.82) is 0 Å². The van der Waals surface area contributed by atoms with Gasteiger partial charge >= 0.3 is 12.6 Å². The molecule has 0 spiro atoms. The number of amides is 2. The van der Waals surface area contributed by atoms with Crippen LogP contribution in [0, 0.1) is 5.92 Å². The van der Waals surface area contributed by atoms with Crippen molar-refractivity contribution in [1.82, 2.24) is 15.5 Å². The predicted molar refractivity (Wildman–Crippen MR) is 105 cm³/mol. The Morgan fingerprint density at radius 3 is 2.67 bits per heavy atom. The number of ether oxygens (including phenoxy) is 4. The smallest absolute Gasteiger partial charge is 0.387 e. The maximum atomic E-state index is 12.4. The molecule has 10 heteroatoms. The summed E-state index contributed by atoms with van der Waals surface area (Å²) in [6.07, 6.45) is 0.984. The van der Waals surface area contributed by atoms with Gasteiger partial charge in [-0.05, 0) is 24.1 Å². The molecular weight excluding hydrogens is 400 g/mol. The highest BCUT2D eigenvalue weighted by Crippen LogP contribution is 2.29. The number of urea groups is 1. The van der Waals surface area contributed by atoms with Crippen LogP contribution in [0.3, 0.4) is 0 Å². The molecule has 0 bridgehead atoms. The van der Waals surface area contributed by atoms with E-state index >= 15 is 0 Å². The zero-order valence-electron chi connectivity index (χ0n) is 17.1. The fraction of sp³-hybridized carbons (Fsp3) is 0.650. The lowest BCUT2D eigenvalue weighted by molar-refractivity contribution is -0.0512. The quantitative estimate of drug-likeness (QED) is 0.624. The average Bonchev–Trinajstić information content (AvgIpc) is 3.28. The Morgan fingerprint density at radius 2 is 2.00 bits per heavy atom. The van der Waals surface area contributed by atoms with Crippen molar-refractivity contribution < 1.29 is 32.5 Å². The Morgan fingerprint density at radius 1 is 1.20 bits per heavy atom. The molecule has 1 aromatic carbocycles. The van der Waals surface area contributed by atoms with Crippen LogP contribution in [0.2, 0.25) is 0 Å². The minimum atomic E-state index is -2.93. The van der Waals surface area contributed by atoms with Crippen LogP contribution in [0.25, 0.3) is 0 Å². The number of hydrogen-bond donors (Lipinski definition) is 2. The van der Waals surface area contributed by atoms with E-state index in [1.165, 1.54) is 13.2 Å². The third-order valence-electron chi connectivity index (χ3n) is 5.39. The molecule has 0 aromatic heterocycles. The lowest BCUT2D eigenvalue weighted by Crippen LogP contribution is -2.53. The molecule has 8 nitrogen and oxygen atoms in total. The summed E-state index contributed by atoms with van der Waals surface area (Å²) in [6.45, 7) is 2.36. The van der Waals surface area contributed by atoms with Gasteiger partial charge < -0.3 is 29.6 Å². The Bertz CT molecular complexity index is 682. The zero-order valence-corrected chi connectivity index (χ0v) is 17.1. The van der Waals surface area contributed by atoms with Gasteiger partial charge in [0.2, 0.25) is 0 Å². The first-order valence-electron chi connectivity index (χ1n) is 10.1. The van der Waals surface area contributed by atoms with Crippen LogP contribution in [0.5, 0.6) is 11.5 Å². The van der Waals surface area contributed by atoms with Gasteiger partial charge in [-0.1, -0.05) is 6.07 Å². The summed E-state index contributed by atoms with van der Waals surface area (Å²) < 4.78 is 45.3. The molecule has 2 amide bonds. The summed E-state index contributed by atoms with van der Waals surface area (Å²) in [7, 11) is 1.37. The van der Waals surface area contributed by atoms with Crippen LogP contribution in [-0.2, 0) is 16.0 Å². The molecule has 2 aliphatic heterocycles. The SMILES string of the molecule is COc1cc(CNC(=O)NCC(C2CCOC2)N2CCOCC2)ccc1OC(F)F. The molecule has 0 saturated carbocycles. The zero-order chi connectivity index (χ0) is 21.3. The fourth-order valence-corrected chi connectivity index (χ4v) is 3.82. The minimum absolute atomic E-state index is 0.0483. The Balaban J connectivity index is 1.50. The maximum absolute atomic E-state index is 12.4. The van der Waals surface area contributed by atoms with E-state index in [0.717, 1.165) is 26.1 Å². The summed E-state index contributed by atoms with van der Waals surface area (Å²) in [5.41, 5.74) is 0.706. The molecule has 1 aromatic rings. The van der Waals surface area contributed by atoms with Crippen molar-refractivity contribution in [3.63, 3.8) is 0 Å². The van der Waals surface area contributed by atoms with Crippen LogP contribution in [0.1, 0.15) is 12.0 Å². The number of alkyl halides is 2. The van der Waals surface area contributed by atoms with Crippen molar-refractivity contribution in [2.24, 2.45) is 5.92 Å². The molecule has 2 fully saturated rings. The molecule has 3 rings (SSSR count). The minimum Gasteiger partial charge on any atom is -0.493 e. The van der Waals surface area contributed by atoms with E-state index in [-0.39, 0.29) is 30.1 Å². The van der Waals surface area contributed by atoms with Gasteiger partial charge in [-0.25, -0.2) is 4.79 Å². The third kappa shape index (κ3) is 6.41. The molecule has 2 unspecified atom stereocenters. The van der Waals surface area contributed by atoms with Gasteiger partial charge in [-0.3, -0.25) is 4.90 Å². The van der Waals surface area contributed by atoms with Gasteiger partial charge in [0, 0.05) is 44.7 Å². The molecular formula is C20H29F2N3O5. The average molecular weight is 429 g/mol. The van der Waals surface area contributed by atoms with Gasteiger partial charge in [-0.2, -0.15) is 8.78 Å². The normalized spacial score (nSPS) is 20.7. The second-order valence-corrected chi connectivity index (χ2v) is 7.27. The number of methoxy groups -OCH3 is 1. The monoisotopic (exact) mass is 429 g/mol. The molecule has 2 atom stereocenters. The van der Waals surface area contributed by atoms with E-state index in [1.807, 2.05) is 0 Å². The maximum Gasteiger partial charge on any atom is 0.387 e. The van der Waals surface area contributed by atoms with Crippen LogP contribution in [-0.4, -0.2) is 76.8 Å². The van der Waals surface area contributed by atoms with Crippen LogP contribution in [0.15, 0.2) is 18.2 Å². The Labute approximate surface area is 174 Å². The van der Waals surface area contributed by atoms with Crippen LogP contribution in [0.4, 0.5) is 13.6 Å². The van der Waals surface area contributed by atoms with Crippen molar-refractivity contribution >= 4 is 6.03 Å². The Hall–Kier alpha value is -2.17. The van der Waals surface area contributed by atoms with E-state index in [0.29, 0.717) is 37.8 Å².